The molecular weight excluding hydrogens is 348 g/mol. The fraction of sp³-hybridized carbons (Fsp3) is 0.471. The molecule has 0 spiro atoms. The molecule has 2 aromatic heterocycles. The number of nitrogens with zero attached hydrogens (tertiary/aromatic N) is 1. The fourth-order valence-corrected chi connectivity index (χ4v) is 5.95. The van der Waals surface area contributed by atoms with E-state index < -0.39 is 0 Å². The lowest BCUT2D eigenvalue weighted by Gasteiger charge is -2.38. The minimum atomic E-state index is 0.0543. The van der Waals surface area contributed by atoms with Gasteiger partial charge in [0.05, 0.1) is 4.34 Å². The van der Waals surface area contributed by atoms with Crippen molar-refractivity contribution in [3.8, 4) is 0 Å². The zero-order chi connectivity index (χ0) is 15.8. The van der Waals surface area contributed by atoms with Gasteiger partial charge in [-0.1, -0.05) is 11.6 Å². The van der Waals surface area contributed by atoms with E-state index in [2.05, 4.69) is 27.7 Å². The largest absolute Gasteiger partial charge is 0.329 e. The summed E-state index contributed by atoms with van der Waals surface area (Å²) in [5, 5.41) is 5.49. The first kappa shape index (κ1) is 15.6. The highest BCUT2D eigenvalue weighted by Crippen LogP contribution is 2.42. The van der Waals surface area contributed by atoms with Crippen LogP contribution in [-0.4, -0.2) is 30.4 Å². The molecule has 1 saturated heterocycles. The highest BCUT2D eigenvalue weighted by Gasteiger charge is 2.37. The normalized spacial score (nSPS) is 22.1. The second-order valence-electron chi connectivity index (χ2n) is 6.16. The number of nitrogens with one attached hydrogen (secondary N) is 1. The summed E-state index contributed by atoms with van der Waals surface area (Å²) in [5.74, 6) is 0.482. The molecule has 122 valence electrons. The summed E-state index contributed by atoms with van der Waals surface area (Å²) < 4.78 is 0.790. The zero-order valence-electron chi connectivity index (χ0n) is 12.8. The molecule has 1 amide bonds. The first-order valence-corrected chi connectivity index (χ1v) is 10.1. The molecule has 0 aromatic carbocycles. The van der Waals surface area contributed by atoms with Crippen LogP contribution in [0.2, 0.25) is 4.34 Å². The van der Waals surface area contributed by atoms with Crippen LogP contribution in [0.25, 0.3) is 0 Å². The molecule has 0 saturated carbocycles. The molecule has 1 unspecified atom stereocenters. The number of thiophene rings is 2. The number of hydrogen-bond donors (Lipinski definition) is 1. The summed E-state index contributed by atoms with van der Waals surface area (Å²) in [7, 11) is 0. The monoisotopic (exact) mass is 366 g/mol. The van der Waals surface area contributed by atoms with Crippen molar-refractivity contribution in [3.63, 3.8) is 0 Å². The molecule has 23 heavy (non-hydrogen) atoms. The summed E-state index contributed by atoms with van der Waals surface area (Å²) in [6.07, 6.45) is 2.86. The van der Waals surface area contributed by atoms with Gasteiger partial charge in [-0.3, -0.25) is 4.79 Å². The van der Waals surface area contributed by atoms with Crippen molar-refractivity contribution in [1.29, 1.82) is 0 Å². The van der Waals surface area contributed by atoms with Gasteiger partial charge in [0.1, 0.15) is 6.04 Å². The Morgan fingerprint density at radius 2 is 2.09 bits per heavy atom. The number of halogens is 1. The quantitative estimate of drug-likeness (QED) is 0.873. The minimum Gasteiger partial charge on any atom is -0.329 e. The Morgan fingerprint density at radius 3 is 2.83 bits per heavy atom. The van der Waals surface area contributed by atoms with Crippen LogP contribution in [0.5, 0.6) is 0 Å². The topological polar surface area (TPSA) is 32.3 Å². The van der Waals surface area contributed by atoms with Crippen molar-refractivity contribution < 1.29 is 4.79 Å². The highest BCUT2D eigenvalue weighted by atomic mass is 35.5. The molecule has 2 aliphatic heterocycles. The molecule has 1 fully saturated rings. The van der Waals surface area contributed by atoms with Crippen molar-refractivity contribution in [2.75, 3.05) is 19.6 Å². The number of carbonyl (C=O) groups excluding carboxylic acids is 1. The van der Waals surface area contributed by atoms with Crippen LogP contribution < -0.4 is 5.32 Å². The van der Waals surface area contributed by atoms with E-state index >= 15 is 0 Å². The molecule has 0 radical (unpaired) electrons. The van der Waals surface area contributed by atoms with E-state index in [1.54, 1.807) is 22.7 Å². The Balaban J connectivity index is 1.68. The maximum atomic E-state index is 13.1. The van der Waals surface area contributed by atoms with Gasteiger partial charge in [0, 0.05) is 22.2 Å². The van der Waals surface area contributed by atoms with Crippen LogP contribution >= 0.6 is 34.3 Å². The van der Waals surface area contributed by atoms with E-state index in [4.69, 9.17) is 11.6 Å². The number of fused-ring (bicyclic) bond motifs is 1. The fourth-order valence-electron chi connectivity index (χ4n) is 3.60. The second kappa shape index (κ2) is 6.55. The second-order valence-corrected chi connectivity index (χ2v) is 8.85. The number of carbonyl (C=O) groups is 1. The molecule has 4 heterocycles. The summed E-state index contributed by atoms with van der Waals surface area (Å²) in [5.41, 5.74) is 1.39. The third-order valence-electron chi connectivity index (χ3n) is 4.80. The van der Waals surface area contributed by atoms with Gasteiger partial charge in [-0.25, -0.2) is 0 Å². The number of rotatable bonds is 2. The Labute approximate surface area is 149 Å². The molecule has 3 nitrogen and oxygen atoms in total. The van der Waals surface area contributed by atoms with Crippen LogP contribution in [-0.2, 0) is 11.2 Å². The van der Waals surface area contributed by atoms with Gasteiger partial charge in [0.15, 0.2) is 0 Å². The van der Waals surface area contributed by atoms with Gasteiger partial charge < -0.3 is 10.2 Å². The Hall–Kier alpha value is -0.880. The summed E-state index contributed by atoms with van der Waals surface area (Å²) >= 11 is 9.52. The predicted molar refractivity (Wildman–Crippen MR) is 96.5 cm³/mol. The van der Waals surface area contributed by atoms with E-state index in [0.717, 1.165) is 43.2 Å². The maximum Gasteiger partial charge on any atom is 0.226 e. The van der Waals surface area contributed by atoms with Gasteiger partial charge in [0.25, 0.3) is 0 Å². The molecule has 6 heteroatoms. The maximum absolute atomic E-state index is 13.1. The van der Waals surface area contributed by atoms with Crippen LogP contribution in [0.1, 0.15) is 34.2 Å². The van der Waals surface area contributed by atoms with Crippen LogP contribution in [0.3, 0.4) is 0 Å². The van der Waals surface area contributed by atoms with E-state index in [-0.39, 0.29) is 12.0 Å². The standard InChI is InChI=1S/C17H19ClN2OS2/c18-14-2-1-13(23-14)15-16-11(6-10-22-16)5-9-20(15)17(21)12-3-7-19-8-4-12/h1-2,6,10,12,15,19H,3-5,7-9H2. The number of piperidine rings is 1. The van der Waals surface area contributed by atoms with Crippen LogP contribution in [0, 0.1) is 5.92 Å². The van der Waals surface area contributed by atoms with E-state index in [1.165, 1.54) is 15.3 Å². The zero-order valence-corrected chi connectivity index (χ0v) is 15.1. The minimum absolute atomic E-state index is 0.0543. The van der Waals surface area contributed by atoms with Crippen LogP contribution in [0.4, 0.5) is 0 Å². The molecule has 0 bridgehead atoms. The van der Waals surface area contributed by atoms with Gasteiger partial charge in [-0.15, -0.1) is 22.7 Å². The molecule has 2 aromatic rings. The lowest BCUT2D eigenvalue weighted by molar-refractivity contribution is -0.138. The lowest BCUT2D eigenvalue weighted by Crippen LogP contribution is -2.45. The van der Waals surface area contributed by atoms with Gasteiger partial charge in [0.2, 0.25) is 5.91 Å². The molecule has 2 aliphatic rings. The van der Waals surface area contributed by atoms with Crippen molar-refractivity contribution in [2.24, 2.45) is 5.92 Å². The van der Waals surface area contributed by atoms with Gasteiger partial charge in [-0.05, 0) is 61.5 Å². The van der Waals surface area contributed by atoms with Crippen molar-refractivity contribution >= 4 is 40.2 Å². The average Bonchev–Trinajstić information content (AvgIpc) is 3.22. The third-order valence-corrected chi connectivity index (χ3v) is 7.09. The first-order valence-electron chi connectivity index (χ1n) is 8.07. The van der Waals surface area contributed by atoms with Crippen molar-refractivity contribution in [1.82, 2.24) is 10.2 Å². The Kier molecular flexibility index (Phi) is 4.46. The highest BCUT2D eigenvalue weighted by molar-refractivity contribution is 7.16. The predicted octanol–water partition coefficient (Wildman–Crippen LogP) is 3.94. The third kappa shape index (κ3) is 2.95. The SMILES string of the molecule is O=C(C1CCNCC1)N1CCc2ccsc2C1c1ccc(Cl)s1. The van der Waals surface area contributed by atoms with E-state index in [0.29, 0.717) is 5.91 Å². The lowest BCUT2D eigenvalue weighted by atomic mass is 9.93. The van der Waals surface area contributed by atoms with Gasteiger partial charge in [-0.2, -0.15) is 0 Å². The van der Waals surface area contributed by atoms with E-state index in [1.807, 2.05) is 6.07 Å². The summed E-state index contributed by atoms with van der Waals surface area (Å²) in [6, 6.07) is 6.28. The molecular formula is C17H19ClN2OS2. The number of hydrogen-bond acceptors (Lipinski definition) is 4. The van der Waals surface area contributed by atoms with E-state index in [9.17, 15) is 4.79 Å². The number of amides is 1. The summed E-state index contributed by atoms with van der Waals surface area (Å²) in [4.78, 5) is 17.8. The first-order chi connectivity index (χ1) is 11.2. The Bertz CT molecular complexity index is 705. The van der Waals surface area contributed by atoms with Crippen molar-refractivity contribution in [2.45, 2.75) is 25.3 Å². The Morgan fingerprint density at radius 1 is 1.26 bits per heavy atom. The molecule has 4 rings (SSSR count). The van der Waals surface area contributed by atoms with Gasteiger partial charge >= 0.3 is 0 Å². The molecule has 0 aliphatic carbocycles. The van der Waals surface area contributed by atoms with Crippen molar-refractivity contribution in [3.05, 3.63) is 43.2 Å². The average molecular weight is 367 g/mol. The summed E-state index contributed by atoms with van der Waals surface area (Å²) in [6.45, 7) is 2.71. The smallest absolute Gasteiger partial charge is 0.226 e. The molecule has 1 N–H and O–H groups in total. The molecule has 1 atom stereocenters. The van der Waals surface area contributed by atoms with Crippen LogP contribution in [0.15, 0.2) is 23.6 Å².